The SMILES string of the molecule is CCOc1ccc(NC(=O)c2sc(Nc3ccc(F)cn3)nc2C)cc1. The van der Waals surface area contributed by atoms with Crippen LogP contribution in [0, 0.1) is 12.7 Å². The highest BCUT2D eigenvalue weighted by molar-refractivity contribution is 7.17. The predicted molar refractivity (Wildman–Crippen MR) is 99.9 cm³/mol. The first-order valence-corrected chi connectivity index (χ1v) is 8.77. The minimum absolute atomic E-state index is 0.246. The number of aromatic nitrogens is 2. The van der Waals surface area contributed by atoms with Crippen molar-refractivity contribution in [1.82, 2.24) is 9.97 Å². The third-order valence-electron chi connectivity index (χ3n) is 3.39. The Kier molecular flexibility index (Phi) is 5.43. The van der Waals surface area contributed by atoms with Crippen molar-refractivity contribution in [3.8, 4) is 5.75 Å². The fraction of sp³-hybridized carbons (Fsp3) is 0.167. The molecule has 2 heterocycles. The number of nitrogens with one attached hydrogen (secondary N) is 2. The van der Waals surface area contributed by atoms with E-state index in [1.54, 1.807) is 31.2 Å². The average molecular weight is 372 g/mol. The molecule has 0 saturated carbocycles. The normalized spacial score (nSPS) is 10.4. The van der Waals surface area contributed by atoms with Gasteiger partial charge in [0.25, 0.3) is 5.91 Å². The molecule has 8 heteroatoms. The molecule has 0 aliphatic carbocycles. The number of thiazole rings is 1. The van der Waals surface area contributed by atoms with E-state index in [2.05, 4.69) is 20.6 Å². The van der Waals surface area contributed by atoms with Crippen molar-refractivity contribution in [3.63, 3.8) is 0 Å². The van der Waals surface area contributed by atoms with Gasteiger partial charge in [-0.3, -0.25) is 4.79 Å². The number of carbonyl (C=O) groups excluding carboxylic acids is 1. The average Bonchev–Trinajstić information content (AvgIpc) is 2.99. The lowest BCUT2D eigenvalue weighted by molar-refractivity contribution is 0.103. The number of amides is 1. The second kappa shape index (κ2) is 7.92. The summed E-state index contributed by atoms with van der Waals surface area (Å²) in [7, 11) is 0. The molecule has 3 aromatic rings. The molecule has 3 rings (SSSR count). The fourth-order valence-corrected chi connectivity index (χ4v) is 3.08. The molecule has 6 nitrogen and oxygen atoms in total. The van der Waals surface area contributed by atoms with Gasteiger partial charge in [0.1, 0.15) is 22.3 Å². The van der Waals surface area contributed by atoms with Crippen LogP contribution in [0.15, 0.2) is 42.6 Å². The minimum Gasteiger partial charge on any atom is -0.494 e. The maximum atomic E-state index is 12.9. The van der Waals surface area contributed by atoms with Crippen LogP contribution >= 0.6 is 11.3 Å². The van der Waals surface area contributed by atoms with Gasteiger partial charge in [-0.2, -0.15) is 0 Å². The molecule has 0 spiro atoms. The van der Waals surface area contributed by atoms with Crippen molar-refractivity contribution in [2.75, 3.05) is 17.2 Å². The van der Waals surface area contributed by atoms with E-state index < -0.39 is 5.82 Å². The molecule has 1 amide bonds. The summed E-state index contributed by atoms with van der Waals surface area (Å²) < 4.78 is 18.3. The van der Waals surface area contributed by atoms with Crippen LogP contribution in [0.4, 0.5) is 21.0 Å². The van der Waals surface area contributed by atoms with Crippen molar-refractivity contribution >= 4 is 33.9 Å². The Morgan fingerprint density at radius 2 is 2.00 bits per heavy atom. The van der Waals surface area contributed by atoms with Gasteiger partial charge in [0, 0.05) is 5.69 Å². The Hall–Kier alpha value is -3.00. The van der Waals surface area contributed by atoms with Gasteiger partial charge < -0.3 is 15.4 Å². The number of carbonyl (C=O) groups is 1. The summed E-state index contributed by atoms with van der Waals surface area (Å²) in [5, 5.41) is 6.31. The second-order valence-electron chi connectivity index (χ2n) is 5.33. The summed E-state index contributed by atoms with van der Waals surface area (Å²) >= 11 is 1.20. The van der Waals surface area contributed by atoms with Gasteiger partial charge in [0.2, 0.25) is 0 Å². The number of pyridine rings is 1. The number of hydrogen-bond acceptors (Lipinski definition) is 6. The lowest BCUT2D eigenvalue weighted by Gasteiger charge is -2.06. The zero-order valence-electron chi connectivity index (χ0n) is 14.2. The van der Waals surface area contributed by atoms with Crippen LogP contribution in [0.3, 0.4) is 0 Å². The number of halogens is 1. The van der Waals surface area contributed by atoms with Crippen LogP contribution in [-0.4, -0.2) is 22.5 Å². The maximum Gasteiger partial charge on any atom is 0.267 e. The number of nitrogens with zero attached hydrogens (tertiary/aromatic N) is 2. The van der Waals surface area contributed by atoms with Crippen molar-refractivity contribution in [2.24, 2.45) is 0 Å². The fourth-order valence-electron chi connectivity index (χ4n) is 2.21. The van der Waals surface area contributed by atoms with E-state index in [9.17, 15) is 9.18 Å². The molecule has 2 N–H and O–H groups in total. The van der Waals surface area contributed by atoms with Crippen LogP contribution in [0.2, 0.25) is 0 Å². The summed E-state index contributed by atoms with van der Waals surface area (Å²) in [5.41, 5.74) is 1.27. The van der Waals surface area contributed by atoms with Gasteiger partial charge in [0.05, 0.1) is 18.5 Å². The van der Waals surface area contributed by atoms with E-state index >= 15 is 0 Å². The molecule has 26 heavy (non-hydrogen) atoms. The summed E-state index contributed by atoms with van der Waals surface area (Å²) in [6.45, 7) is 4.26. The highest BCUT2D eigenvalue weighted by atomic mass is 32.1. The largest absolute Gasteiger partial charge is 0.494 e. The zero-order valence-corrected chi connectivity index (χ0v) is 15.1. The summed E-state index contributed by atoms with van der Waals surface area (Å²) in [6.07, 6.45) is 1.11. The monoisotopic (exact) mass is 372 g/mol. The van der Waals surface area contributed by atoms with E-state index in [0.717, 1.165) is 11.9 Å². The van der Waals surface area contributed by atoms with Gasteiger partial charge >= 0.3 is 0 Å². The molecule has 0 aliphatic rings. The molecule has 0 radical (unpaired) electrons. The molecule has 0 unspecified atom stereocenters. The standard InChI is InChI=1S/C18H17FN4O2S/c1-3-25-14-7-5-13(6-8-14)22-17(24)16-11(2)21-18(26-16)23-15-9-4-12(19)10-20-15/h4-10H,3H2,1-2H3,(H,22,24)(H,20,21,23). The summed E-state index contributed by atoms with van der Waals surface area (Å²) in [6, 6.07) is 9.96. The summed E-state index contributed by atoms with van der Waals surface area (Å²) in [5.74, 6) is 0.543. The van der Waals surface area contributed by atoms with E-state index in [-0.39, 0.29) is 5.91 Å². The Morgan fingerprint density at radius 3 is 2.65 bits per heavy atom. The van der Waals surface area contributed by atoms with Crippen LogP contribution in [0.25, 0.3) is 0 Å². The predicted octanol–water partition coefficient (Wildman–Crippen LogP) is 4.38. The number of hydrogen-bond donors (Lipinski definition) is 2. The maximum absolute atomic E-state index is 12.9. The van der Waals surface area contributed by atoms with Crippen molar-refractivity contribution in [2.45, 2.75) is 13.8 Å². The van der Waals surface area contributed by atoms with E-state index in [1.165, 1.54) is 23.5 Å². The van der Waals surface area contributed by atoms with Crippen LogP contribution < -0.4 is 15.4 Å². The van der Waals surface area contributed by atoms with E-state index in [1.807, 2.05) is 6.92 Å². The first kappa shape index (κ1) is 17.8. The van der Waals surface area contributed by atoms with E-state index in [0.29, 0.717) is 33.8 Å². The van der Waals surface area contributed by atoms with Gasteiger partial charge in [-0.1, -0.05) is 11.3 Å². The molecule has 0 aliphatic heterocycles. The van der Waals surface area contributed by atoms with Crippen LogP contribution in [-0.2, 0) is 0 Å². The van der Waals surface area contributed by atoms with Gasteiger partial charge in [-0.05, 0) is 50.2 Å². The number of anilines is 3. The number of aryl methyl sites for hydroxylation is 1. The minimum atomic E-state index is -0.415. The highest BCUT2D eigenvalue weighted by Crippen LogP contribution is 2.26. The molecule has 1 aromatic carbocycles. The Balaban J connectivity index is 1.69. The summed E-state index contributed by atoms with van der Waals surface area (Å²) in [4.78, 5) is 21.2. The molecule has 2 aromatic heterocycles. The first-order valence-electron chi connectivity index (χ1n) is 7.95. The Morgan fingerprint density at radius 1 is 1.23 bits per heavy atom. The van der Waals surface area contributed by atoms with Gasteiger partial charge in [-0.25, -0.2) is 14.4 Å². The molecular formula is C18H17FN4O2S. The van der Waals surface area contributed by atoms with Crippen molar-refractivity contribution in [1.29, 1.82) is 0 Å². The Bertz CT molecular complexity index is 895. The lowest BCUT2D eigenvalue weighted by atomic mass is 10.3. The lowest BCUT2D eigenvalue weighted by Crippen LogP contribution is -2.11. The Labute approximate surface area is 154 Å². The topological polar surface area (TPSA) is 76.1 Å². The molecule has 0 bridgehead atoms. The third kappa shape index (κ3) is 4.34. The van der Waals surface area contributed by atoms with Gasteiger partial charge in [-0.15, -0.1) is 0 Å². The molecular weight excluding hydrogens is 355 g/mol. The van der Waals surface area contributed by atoms with Gasteiger partial charge in [0.15, 0.2) is 5.13 Å². The smallest absolute Gasteiger partial charge is 0.267 e. The second-order valence-corrected chi connectivity index (χ2v) is 6.33. The number of rotatable bonds is 6. The molecule has 134 valence electrons. The number of benzene rings is 1. The van der Waals surface area contributed by atoms with Crippen molar-refractivity contribution in [3.05, 3.63) is 59.0 Å². The highest BCUT2D eigenvalue weighted by Gasteiger charge is 2.16. The van der Waals surface area contributed by atoms with Crippen molar-refractivity contribution < 1.29 is 13.9 Å². The number of ether oxygens (including phenoxy) is 1. The quantitative estimate of drug-likeness (QED) is 0.671. The molecule has 0 atom stereocenters. The van der Waals surface area contributed by atoms with E-state index in [4.69, 9.17) is 4.74 Å². The van der Waals surface area contributed by atoms with Crippen LogP contribution in [0.5, 0.6) is 5.75 Å². The molecule has 0 fully saturated rings. The molecule has 0 saturated heterocycles. The zero-order chi connectivity index (χ0) is 18.5. The van der Waals surface area contributed by atoms with Crippen LogP contribution in [0.1, 0.15) is 22.3 Å². The third-order valence-corrected chi connectivity index (χ3v) is 4.46. The first-order chi connectivity index (χ1) is 12.5.